The second kappa shape index (κ2) is 12.6. The third kappa shape index (κ3) is 7.60. The minimum atomic E-state index is -0.655. The van der Waals surface area contributed by atoms with Gasteiger partial charge in [-0.3, -0.25) is 9.59 Å². The molecule has 0 spiro atoms. The van der Waals surface area contributed by atoms with Crippen LogP contribution in [0.3, 0.4) is 0 Å². The summed E-state index contributed by atoms with van der Waals surface area (Å²) in [6, 6.07) is 14.1. The van der Waals surface area contributed by atoms with Crippen molar-refractivity contribution in [2.45, 2.75) is 73.1 Å². The van der Waals surface area contributed by atoms with Crippen LogP contribution in [0.2, 0.25) is 0 Å². The lowest BCUT2D eigenvalue weighted by atomic mass is 10.1. The summed E-state index contributed by atoms with van der Waals surface area (Å²) in [5.41, 5.74) is 0.792. The number of nitrogens with zero attached hydrogens (tertiary/aromatic N) is 1. The van der Waals surface area contributed by atoms with Crippen LogP contribution >= 0.6 is 0 Å². The number of ether oxygens (including phenoxy) is 2. The maximum atomic E-state index is 13.7. The molecule has 0 fully saturated rings. The van der Waals surface area contributed by atoms with Crippen molar-refractivity contribution in [1.29, 1.82) is 0 Å². The summed E-state index contributed by atoms with van der Waals surface area (Å²) in [4.78, 5) is 38.9. The highest BCUT2D eigenvalue weighted by Gasteiger charge is 2.22. The van der Waals surface area contributed by atoms with Crippen LogP contribution in [-0.2, 0) is 17.8 Å². The Morgan fingerprint density at radius 1 is 1.03 bits per heavy atom. The molecule has 0 bridgehead atoms. The van der Waals surface area contributed by atoms with E-state index in [1.165, 1.54) is 0 Å². The average Bonchev–Trinajstić information content (AvgIpc) is 2.85. The number of benzene rings is 2. The lowest BCUT2D eigenvalue weighted by molar-refractivity contribution is 0.0521. The third-order valence-electron chi connectivity index (χ3n) is 5.71. The average molecular weight is 522 g/mol. The molecule has 0 aliphatic heterocycles. The van der Waals surface area contributed by atoms with Crippen molar-refractivity contribution in [2.75, 3.05) is 11.9 Å². The Morgan fingerprint density at radius 2 is 1.74 bits per heavy atom. The van der Waals surface area contributed by atoms with Gasteiger partial charge in [0.25, 0.3) is 11.5 Å². The molecular formula is C30H39N3O5. The predicted molar refractivity (Wildman–Crippen MR) is 151 cm³/mol. The van der Waals surface area contributed by atoms with E-state index in [4.69, 9.17) is 9.47 Å². The molecule has 3 aromatic rings. The monoisotopic (exact) mass is 521 g/mol. The van der Waals surface area contributed by atoms with Gasteiger partial charge in [-0.1, -0.05) is 45.4 Å². The van der Waals surface area contributed by atoms with E-state index < -0.39 is 11.7 Å². The van der Waals surface area contributed by atoms with Gasteiger partial charge < -0.3 is 24.7 Å². The van der Waals surface area contributed by atoms with Crippen molar-refractivity contribution in [3.05, 3.63) is 70.1 Å². The first-order chi connectivity index (χ1) is 18.0. The number of nitrogens with one attached hydrogen (secondary N) is 2. The second-order valence-corrected chi connectivity index (χ2v) is 10.7. The number of unbranched alkanes of at least 4 members (excludes halogenated alkanes) is 1. The first-order valence-corrected chi connectivity index (χ1v) is 13.2. The number of rotatable bonds is 10. The molecule has 2 aromatic carbocycles. The molecule has 2 amide bonds. The minimum absolute atomic E-state index is 0.0505. The van der Waals surface area contributed by atoms with E-state index in [2.05, 4.69) is 17.6 Å². The maximum absolute atomic E-state index is 13.7. The van der Waals surface area contributed by atoms with Crippen LogP contribution in [0.25, 0.3) is 10.8 Å². The fourth-order valence-electron chi connectivity index (χ4n) is 4.02. The molecule has 3 rings (SSSR count). The Balaban J connectivity index is 2.11. The first-order valence-electron chi connectivity index (χ1n) is 13.2. The molecule has 204 valence electrons. The molecule has 1 aromatic heterocycles. The smallest absolute Gasteiger partial charge is 0.407 e. The Labute approximate surface area is 224 Å². The van der Waals surface area contributed by atoms with Crippen molar-refractivity contribution < 1.29 is 19.1 Å². The summed E-state index contributed by atoms with van der Waals surface area (Å²) in [7, 11) is 0. The van der Waals surface area contributed by atoms with Crippen molar-refractivity contribution in [3.63, 3.8) is 0 Å². The number of aromatic nitrogens is 1. The van der Waals surface area contributed by atoms with Crippen molar-refractivity contribution in [1.82, 2.24) is 9.88 Å². The number of amides is 2. The summed E-state index contributed by atoms with van der Waals surface area (Å²) in [6.45, 7) is 12.5. The highest BCUT2D eigenvalue weighted by atomic mass is 16.6. The van der Waals surface area contributed by atoms with Gasteiger partial charge in [-0.15, -0.1) is 0 Å². The quantitative estimate of drug-likeness (QED) is 0.314. The van der Waals surface area contributed by atoms with Gasteiger partial charge in [0.05, 0.1) is 24.2 Å². The molecule has 8 heteroatoms. The first kappa shape index (κ1) is 28.8. The lowest BCUT2D eigenvalue weighted by Crippen LogP contribution is -2.35. The van der Waals surface area contributed by atoms with Gasteiger partial charge in [-0.05, 0) is 63.4 Å². The van der Waals surface area contributed by atoms with Crippen molar-refractivity contribution >= 4 is 28.5 Å². The fourth-order valence-corrected chi connectivity index (χ4v) is 4.02. The van der Waals surface area contributed by atoms with Crippen LogP contribution in [0.1, 0.15) is 70.4 Å². The molecule has 0 unspecified atom stereocenters. The van der Waals surface area contributed by atoms with Crippen LogP contribution < -0.4 is 20.9 Å². The van der Waals surface area contributed by atoms with Gasteiger partial charge >= 0.3 is 6.09 Å². The van der Waals surface area contributed by atoms with E-state index in [1.807, 2.05) is 19.9 Å². The summed E-state index contributed by atoms with van der Waals surface area (Å²) in [5.74, 6) is 0.442. The second-order valence-electron chi connectivity index (χ2n) is 10.7. The predicted octanol–water partition coefficient (Wildman–Crippen LogP) is 6.11. The minimum Gasteiger partial charge on any atom is -0.491 e. The zero-order valence-corrected chi connectivity index (χ0v) is 23.2. The van der Waals surface area contributed by atoms with Gasteiger partial charge in [0, 0.05) is 23.2 Å². The zero-order valence-electron chi connectivity index (χ0n) is 23.2. The number of carbonyl (C=O) groups excluding carboxylic acids is 2. The molecule has 2 N–H and O–H groups in total. The largest absolute Gasteiger partial charge is 0.491 e. The van der Waals surface area contributed by atoms with Crippen LogP contribution in [0.15, 0.2) is 53.3 Å². The molecule has 0 saturated heterocycles. The highest BCUT2D eigenvalue weighted by molar-refractivity contribution is 6.05. The van der Waals surface area contributed by atoms with Crippen LogP contribution in [0, 0.1) is 5.92 Å². The van der Waals surface area contributed by atoms with E-state index in [0.717, 1.165) is 12.8 Å². The molecule has 0 aliphatic rings. The van der Waals surface area contributed by atoms with Gasteiger partial charge in [-0.25, -0.2) is 4.79 Å². The standard InChI is InChI=1S/C30H39N3O5/c1-7-8-16-37-26-24-17-22(32-27(34)21-12-10-9-11-13-21)14-15-23(24)28(35)33(19-20(2)3)25(26)18-31-29(36)38-30(4,5)6/h9-15,17,20H,7-8,16,18-19H2,1-6H3,(H,31,36)(H,32,34). The maximum Gasteiger partial charge on any atom is 0.407 e. The third-order valence-corrected chi connectivity index (χ3v) is 5.71. The summed E-state index contributed by atoms with van der Waals surface area (Å²) in [5, 5.41) is 6.77. The van der Waals surface area contributed by atoms with Crippen LogP contribution in [-0.4, -0.2) is 28.8 Å². The SMILES string of the molecule is CCCCOc1c(CNC(=O)OC(C)(C)C)n(CC(C)C)c(=O)c2ccc(NC(=O)c3ccccc3)cc12. The Bertz CT molecular complexity index is 1320. The summed E-state index contributed by atoms with van der Waals surface area (Å²) < 4.78 is 13.4. The van der Waals surface area contributed by atoms with E-state index in [-0.39, 0.29) is 23.9 Å². The summed E-state index contributed by atoms with van der Waals surface area (Å²) in [6.07, 6.45) is 1.19. The number of pyridine rings is 1. The number of fused-ring (bicyclic) bond motifs is 1. The Hall–Kier alpha value is -3.81. The van der Waals surface area contributed by atoms with Gasteiger partial charge in [0.1, 0.15) is 11.4 Å². The Morgan fingerprint density at radius 3 is 2.37 bits per heavy atom. The number of hydrogen-bond acceptors (Lipinski definition) is 5. The zero-order chi connectivity index (χ0) is 27.9. The van der Waals surface area contributed by atoms with Crippen molar-refractivity contribution in [2.24, 2.45) is 5.92 Å². The summed E-state index contributed by atoms with van der Waals surface area (Å²) >= 11 is 0. The van der Waals surface area contributed by atoms with Gasteiger partial charge in [-0.2, -0.15) is 0 Å². The van der Waals surface area contributed by atoms with E-state index >= 15 is 0 Å². The number of alkyl carbamates (subject to hydrolysis) is 1. The number of carbonyl (C=O) groups is 2. The van der Waals surface area contributed by atoms with E-state index in [9.17, 15) is 14.4 Å². The van der Waals surface area contributed by atoms with Gasteiger partial charge in [0.15, 0.2) is 0 Å². The fraction of sp³-hybridized carbons (Fsp3) is 0.433. The van der Waals surface area contributed by atoms with Crippen molar-refractivity contribution in [3.8, 4) is 5.75 Å². The molecule has 8 nitrogen and oxygen atoms in total. The van der Waals surface area contributed by atoms with E-state index in [0.29, 0.717) is 46.6 Å². The number of anilines is 1. The topological polar surface area (TPSA) is 98.7 Å². The molecule has 0 aliphatic carbocycles. The molecule has 0 atom stereocenters. The van der Waals surface area contributed by atoms with E-state index in [1.54, 1.807) is 67.8 Å². The normalized spacial score (nSPS) is 11.4. The Kier molecular flexibility index (Phi) is 9.55. The molecule has 1 heterocycles. The highest BCUT2D eigenvalue weighted by Crippen LogP contribution is 2.31. The van der Waals surface area contributed by atoms with Crippen LogP contribution in [0.5, 0.6) is 5.75 Å². The number of hydrogen-bond donors (Lipinski definition) is 2. The molecular weight excluding hydrogens is 482 g/mol. The molecule has 38 heavy (non-hydrogen) atoms. The van der Waals surface area contributed by atoms with Crippen LogP contribution in [0.4, 0.5) is 10.5 Å². The molecule has 0 radical (unpaired) electrons. The molecule has 0 saturated carbocycles. The van der Waals surface area contributed by atoms with Gasteiger partial charge in [0.2, 0.25) is 0 Å². The lowest BCUT2D eigenvalue weighted by Gasteiger charge is -2.23.